The number of nitrogens with one attached hydrogen (secondary N) is 1. The van der Waals surface area contributed by atoms with Gasteiger partial charge in [0.25, 0.3) is 17.5 Å². The van der Waals surface area contributed by atoms with Gasteiger partial charge in [-0.2, -0.15) is 0 Å². The van der Waals surface area contributed by atoms with E-state index in [0.717, 1.165) is 10.6 Å². The molecule has 9 heteroatoms. The summed E-state index contributed by atoms with van der Waals surface area (Å²) in [5.74, 6) is -0.217. The Morgan fingerprint density at radius 1 is 0.944 bits per heavy atom. The molecule has 4 rings (SSSR count). The number of hydrogen-bond donors (Lipinski definition) is 1. The van der Waals surface area contributed by atoms with E-state index in [0.29, 0.717) is 17.9 Å². The highest BCUT2D eigenvalue weighted by Crippen LogP contribution is 2.29. The molecule has 3 aromatic rings. The number of hydrazine groups is 1. The third-order valence-corrected chi connectivity index (χ3v) is 5.35. The smallest absolute Gasteiger partial charge is 0.282 e. The van der Waals surface area contributed by atoms with Gasteiger partial charge in [-0.25, -0.2) is 5.01 Å². The summed E-state index contributed by atoms with van der Waals surface area (Å²) in [4.78, 5) is 36.3. The fourth-order valence-electron chi connectivity index (χ4n) is 3.64. The minimum atomic E-state index is -0.622. The van der Waals surface area contributed by atoms with Crippen molar-refractivity contribution in [3.63, 3.8) is 0 Å². The van der Waals surface area contributed by atoms with Gasteiger partial charge in [0.15, 0.2) is 0 Å². The van der Waals surface area contributed by atoms with Crippen LogP contribution in [0.4, 0.5) is 11.4 Å². The lowest BCUT2D eigenvalue weighted by atomic mass is 10.1. The predicted octanol–water partition coefficient (Wildman–Crippen LogP) is 4.24. The molecule has 2 amide bonds. The first-order chi connectivity index (χ1) is 17.5. The number of carbonyl (C=O) groups is 2. The number of para-hydroxylation sites is 2. The van der Waals surface area contributed by atoms with Crippen molar-refractivity contribution in [3.05, 3.63) is 112 Å². The summed E-state index contributed by atoms with van der Waals surface area (Å²) in [6.45, 7) is 4.09. The van der Waals surface area contributed by atoms with Gasteiger partial charge in [-0.1, -0.05) is 42.5 Å². The summed E-state index contributed by atoms with van der Waals surface area (Å²) in [5, 5.41) is 12.5. The normalized spacial score (nSPS) is 14.0. The maximum Gasteiger partial charge on any atom is 0.282 e. The molecular weight excluding hydrogens is 462 g/mol. The first-order valence-electron chi connectivity index (χ1n) is 11.1. The van der Waals surface area contributed by atoms with Crippen LogP contribution in [0.2, 0.25) is 0 Å². The molecule has 0 aromatic heterocycles. The summed E-state index contributed by atoms with van der Waals surface area (Å²) in [6.07, 6.45) is 3.74. The number of allylic oxidation sites excluding steroid dienone is 1. The Hall–Kier alpha value is -4.92. The Labute approximate surface area is 207 Å². The molecule has 182 valence electrons. The lowest BCUT2D eigenvalue weighted by molar-refractivity contribution is -0.384. The highest BCUT2D eigenvalue weighted by molar-refractivity contribution is 6.31. The van der Waals surface area contributed by atoms with Crippen molar-refractivity contribution in [2.75, 3.05) is 18.2 Å². The second kappa shape index (κ2) is 11.0. The molecule has 0 atom stereocenters. The van der Waals surface area contributed by atoms with Gasteiger partial charge in [-0.3, -0.25) is 25.1 Å². The number of rotatable bonds is 10. The van der Waals surface area contributed by atoms with Crippen LogP contribution in [0.1, 0.15) is 11.1 Å². The molecule has 0 saturated carbocycles. The van der Waals surface area contributed by atoms with E-state index in [1.54, 1.807) is 36.4 Å². The van der Waals surface area contributed by atoms with Gasteiger partial charge in [0, 0.05) is 17.7 Å². The molecule has 3 aromatic carbocycles. The average molecular weight is 485 g/mol. The maximum absolute atomic E-state index is 12.9. The van der Waals surface area contributed by atoms with E-state index in [-0.39, 0.29) is 35.8 Å². The molecule has 1 N–H and O–H groups in total. The first-order valence-corrected chi connectivity index (χ1v) is 11.1. The van der Waals surface area contributed by atoms with Crippen LogP contribution >= 0.6 is 0 Å². The number of nitro benzene ring substituents is 1. The first kappa shape index (κ1) is 24.2. The van der Waals surface area contributed by atoms with E-state index in [1.165, 1.54) is 24.3 Å². The molecule has 1 fully saturated rings. The van der Waals surface area contributed by atoms with Crippen molar-refractivity contribution in [1.29, 1.82) is 0 Å². The standard InChI is InChI=1S/C27H23N3O6/c1-2-8-19-9-6-7-12-24(19)35-15-16-36-25-14-13-22(30(33)34)17-20(25)18-23-26(31)28-29(27(23)32)21-10-4-3-5-11-21/h2-7,9-14,17-18H,1,8,15-16H2,(H,28,31). The van der Waals surface area contributed by atoms with E-state index >= 15 is 0 Å². The Kier molecular flexibility index (Phi) is 7.40. The monoisotopic (exact) mass is 485 g/mol. The van der Waals surface area contributed by atoms with Crippen molar-refractivity contribution in [2.24, 2.45) is 0 Å². The molecule has 0 unspecified atom stereocenters. The van der Waals surface area contributed by atoms with Gasteiger partial charge < -0.3 is 9.47 Å². The fraction of sp³-hybridized carbons (Fsp3) is 0.111. The summed E-state index contributed by atoms with van der Waals surface area (Å²) >= 11 is 0. The van der Waals surface area contributed by atoms with E-state index in [4.69, 9.17) is 9.47 Å². The lowest BCUT2D eigenvalue weighted by Crippen LogP contribution is -2.35. The molecule has 0 spiro atoms. The predicted molar refractivity (Wildman–Crippen MR) is 134 cm³/mol. The van der Waals surface area contributed by atoms with Crippen LogP contribution in [-0.2, 0) is 16.0 Å². The van der Waals surface area contributed by atoms with E-state index in [2.05, 4.69) is 12.0 Å². The lowest BCUT2D eigenvalue weighted by Gasteiger charge is -2.14. The number of non-ortho nitro benzene ring substituents is 1. The Balaban J connectivity index is 1.53. The molecule has 1 heterocycles. The van der Waals surface area contributed by atoms with Gasteiger partial charge in [0.2, 0.25) is 0 Å². The molecule has 0 bridgehead atoms. The summed E-state index contributed by atoms with van der Waals surface area (Å²) in [5.41, 5.74) is 3.84. The molecule has 1 aliphatic heterocycles. The molecule has 9 nitrogen and oxygen atoms in total. The third kappa shape index (κ3) is 5.41. The van der Waals surface area contributed by atoms with Gasteiger partial charge >= 0.3 is 0 Å². The maximum atomic E-state index is 12.9. The van der Waals surface area contributed by atoms with Crippen LogP contribution in [0, 0.1) is 10.1 Å². The van der Waals surface area contributed by atoms with Gasteiger partial charge in [-0.05, 0) is 42.3 Å². The zero-order chi connectivity index (χ0) is 25.5. The highest BCUT2D eigenvalue weighted by Gasteiger charge is 2.34. The number of ether oxygens (including phenoxy) is 2. The van der Waals surface area contributed by atoms with Crippen LogP contribution < -0.4 is 19.9 Å². The van der Waals surface area contributed by atoms with E-state index < -0.39 is 16.7 Å². The number of carbonyl (C=O) groups excluding carboxylic acids is 2. The Morgan fingerprint density at radius 2 is 1.64 bits per heavy atom. The molecule has 0 aliphatic carbocycles. The van der Waals surface area contributed by atoms with Crippen LogP contribution in [0.15, 0.2) is 91.0 Å². The summed E-state index contributed by atoms with van der Waals surface area (Å²) in [7, 11) is 0. The van der Waals surface area contributed by atoms with Crippen LogP contribution in [-0.4, -0.2) is 30.0 Å². The molecule has 36 heavy (non-hydrogen) atoms. The fourth-order valence-corrected chi connectivity index (χ4v) is 3.64. The zero-order valence-electron chi connectivity index (χ0n) is 19.3. The van der Waals surface area contributed by atoms with Gasteiger partial charge in [0.1, 0.15) is 30.3 Å². The number of nitrogens with zero attached hydrogens (tertiary/aromatic N) is 2. The van der Waals surface area contributed by atoms with Crippen molar-refractivity contribution in [3.8, 4) is 11.5 Å². The Morgan fingerprint density at radius 3 is 2.36 bits per heavy atom. The highest BCUT2D eigenvalue weighted by atomic mass is 16.6. The summed E-state index contributed by atoms with van der Waals surface area (Å²) < 4.78 is 11.6. The van der Waals surface area contributed by atoms with E-state index in [1.807, 2.05) is 24.3 Å². The molecule has 1 saturated heterocycles. The third-order valence-electron chi connectivity index (χ3n) is 5.35. The van der Waals surface area contributed by atoms with Crippen molar-refractivity contribution < 1.29 is 24.0 Å². The molecule has 1 aliphatic rings. The topological polar surface area (TPSA) is 111 Å². The number of anilines is 1. The van der Waals surface area contributed by atoms with Gasteiger partial charge in [0.05, 0.1) is 10.6 Å². The minimum Gasteiger partial charge on any atom is -0.490 e. The van der Waals surface area contributed by atoms with Crippen LogP contribution in [0.3, 0.4) is 0 Å². The van der Waals surface area contributed by atoms with Crippen molar-refractivity contribution >= 4 is 29.3 Å². The minimum absolute atomic E-state index is 0.132. The number of benzene rings is 3. The number of nitro groups is 1. The number of hydrogen-bond acceptors (Lipinski definition) is 6. The second-order valence-electron chi connectivity index (χ2n) is 7.75. The van der Waals surface area contributed by atoms with Crippen LogP contribution in [0.5, 0.6) is 11.5 Å². The zero-order valence-corrected chi connectivity index (χ0v) is 19.3. The van der Waals surface area contributed by atoms with Gasteiger partial charge in [-0.15, -0.1) is 6.58 Å². The second-order valence-corrected chi connectivity index (χ2v) is 7.75. The van der Waals surface area contributed by atoms with Crippen molar-refractivity contribution in [1.82, 2.24) is 5.43 Å². The summed E-state index contributed by atoms with van der Waals surface area (Å²) in [6, 6.07) is 20.2. The van der Waals surface area contributed by atoms with E-state index in [9.17, 15) is 19.7 Å². The number of amides is 2. The van der Waals surface area contributed by atoms with Crippen molar-refractivity contribution in [2.45, 2.75) is 6.42 Å². The largest absolute Gasteiger partial charge is 0.490 e. The molecular formula is C27H23N3O6. The average Bonchev–Trinajstić information content (AvgIpc) is 3.17. The quantitative estimate of drug-likeness (QED) is 0.115. The SMILES string of the molecule is C=CCc1ccccc1OCCOc1ccc([N+](=O)[O-])cc1C=C1C(=O)NN(c2ccccc2)C1=O. The van der Waals surface area contributed by atoms with Crippen LogP contribution in [0.25, 0.3) is 6.08 Å². The molecule has 0 radical (unpaired) electrons. The Bertz CT molecular complexity index is 1340.